The van der Waals surface area contributed by atoms with Crippen molar-refractivity contribution >= 4 is 99.4 Å². The van der Waals surface area contributed by atoms with Gasteiger partial charge in [0.15, 0.2) is 10.3 Å². The molecule has 2 aromatic heterocycles. The van der Waals surface area contributed by atoms with Crippen LogP contribution in [0.3, 0.4) is 0 Å². The number of amides is 2. The SMILES string of the molecule is C=CCN(c1nccs1)S(=O)(=O)c1ccc(N2CC[C@H](N3CCc4ccc(Cl)cc4C3)C2=O)cc1.O=C1[C@@H](N2CCc3ccc(Cl)cc3C2)CCN1c1ccc(S(=O)(=O)Nc2nccs2)cc1. The van der Waals surface area contributed by atoms with E-state index in [1.54, 1.807) is 63.2 Å². The van der Waals surface area contributed by atoms with Crippen molar-refractivity contribution in [3.05, 3.63) is 153 Å². The Morgan fingerprint density at radius 1 is 0.672 bits per heavy atom. The molecule has 348 valence electrons. The summed E-state index contributed by atoms with van der Waals surface area (Å²) in [6.07, 6.45) is 7.89. The Hall–Kier alpha value is -5.18. The molecule has 6 heterocycles. The topological polar surface area (TPSA) is 156 Å². The molecule has 2 fully saturated rings. The molecule has 0 spiro atoms. The molecule has 2 atom stereocenters. The van der Waals surface area contributed by atoms with E-state index >= 15 is 0 Å². The minimum atomic E-state index is -3.81. The van der Waals surface area contributed by atoms with Crippen LogP contribution in [-0.4, -0.2) is 93.2 Å². The fourth-order valence-corrected chi connectivity index (χ4v) is 13.5. The first-order valence-corrected chi connectivity index (χ1v) is 27.0. The lowest BCUT2D eigenvalue weighted by Gasteiger charge is -2.32. The molecular weight excluding hydrogens is 972 g/mol. The number of sulfonamides is 2. The van der Waals surface area contributed by atoms with Gasteiger partial charge < -0.3 is 9.80 Å². The number of benzene rings is 4. The molecule has 20 heteroatoms. The van der Waals surface area contributed by atoms with Crippen LogP contribution in [0.2, 0.25) is 10.0 Å². The quantitative estimate of drug-likeness (QED) is 0.119. The molecule has 0 unspecified atom stereocenters. The Kier molecular flexibility index (Phi) is 13.9. The maximum atomic E-state index is 13.3. The third-order valence-corrected chi connectivity index (χ3v) is 17.8. The van der Waals surface area contributed by atoms with Gasteiger partial charge in [0.25, 0.3) is 20.0 Å². The zero-order valence-electron chi connectivity index (χ0n) is 36.1. The van der Waals surface area contributed by atoms with Crippen molar-refractivity contribution in [3.8, 4) is 0 Å². The minimum Gasteiger partial charge on any atom is -0.311 e. The van der Waals surface area contributed by atoms with Gasteiger partial charge in [-0.2, -0.15) is 0 Å². The number of carbonyl (C=O) groups excluding carboxylic acids is 2. The van der Waals surface area contributed by atoms with Gasteiger partial charge in [0, 0.05) is 83.8 Å². The van der Waals surface area contributed by atoms with Gasteiger partial charge in [0.2, 0.25) is 11.8 Å². The number of nitrogens with zero attached hydrogens (tertiary/aromatic N) is 7. The third-order valence-electron chi connectivity index (χ3n) is 12.4. The molecule has 0 radical (unpaired) electrons. The van der Waals surface area contributed by atoms with Gasteiger partial charge in [-0.05, 0) is 121 Å². The second kappa shape index (κ2) is 19.8. The second-order valence-corrected chi connectivity index (χ2v) is 22.6. The van der Waals surface area contributed by atoms with Gasteiger partial charge >= 0.3 is 0 Å². The number of halogens is 2. The monoisotopic (exact) mass is 1020 g/mol. The Morgan fingerprint density at radius 2 is 1.18 bits per heavy atom. The van der Waals surface area contributed by atoms with Gasteiger partial charge in [0.1, 0.15) is 0 Å². The zero-order chi connectivity index (χ0) is 46.9. The van der Waals surface area contributed by atoms with Crippen molar-refractivity contribution in [2.24, 2.45) is 0 Å². The van der Waals surface area contributed by atoms with Crippen LogP contribution < -0.4 is 18.8 Å². The average Bonchev–Trinajstić information content (AvgIpc) is 4.18. The number of anilines is 4. The van der Waals surface area contributed by atoms with Crippen LogP contribution in [0.5, 0.6) is 0 Å². The molecule has 0 aliphatic carbocycles. The second-order valence-electron chi connectivity index (χ2n) is 16.4. The predicted octanol–water partition coefficient (Wildman–Crippen LogP) is 8.10. The van der Waals surface area contributed by atoms with E-state index in [1.807, 2.05) is 24.3 Å². The first-order valence-electron chi connectivity index (χ1n) is 21.6. The molecule has 2 saturated heterocycles. The van der Waals surface area contributed by atoms with Crippen LogP contribution in [0.4, 0.5) is 21.6 Å². The third kappa shape index (κ3) is 10.0. The van der Waals surface area contributed by atoms with E-state index in [4.69, 9.17) is 23.2 Å². The molecule has 0 saturated carbocycles. The van der Waals surface area contributed by atoms with E-state index in [0.717, 1.165) is 38.8 Å². The van der Waals surface area contributed by atoms with E-state index in [9.17, 15) is 26.4 Å². The minimum absolute atomic E-state index is 0.0437. The molecular formula is C47H46Cl2N8O6S4. The largest absolute Gasteiger partial charge is 0.311 e. The fourth-order valence-electron chi connectivity index (χ4n) is 9.06. The number of nitrogens with one attached hydrogen (secondary N) is 1. The predicted molar refractivity (Wildman–Crippen MR) is 265 cm³/mol. The highest BCUT2D eigenvalue weighted by atomic mass is 35.5. The number of hydrogen-bond donors (Lipinski definition) is 1. The summed E-state index contributed by atoms with van der Waals surface area (Å²) in [5, 5.41) is 5.55. The van der Waals surface area contributed by atoms with Gasteiger partial charge in [-0.15, -0.1) is 29.3 Å². The van der Waals surface area contributed by atoms with Crippen LogP contribution in [0.25, 0.3) is 0 Å². The van der Waals surface area contributed by atoms with Crippen molar-refractivity contribution in [2.45, 2.75) is 60.6 Å². The highest BCUT2D eigenvalue weighted by molar-refractivity contribution is 7.93. The summed E-state index contributed by atoms with van der Waals surface area (Å²) in [6, 6.07) is 24.5. The van der Waals surface area contributed by atoms with Crippen molar-refractivity contribution in [1.82, 2.24) is 19.8 Å². The van der Waals surface area contributed by atoms with Crippen molar-refractivity contribution in [1.29, 1.82) is 0 Å². The van der Waals surface area contributed by atoms with Gasteiger partial charge in [-0.1, -0.05) is 41.4 Å². The summed E-state index contributed by atoms with van der Waals surface area (Å²) < 4.78 is 55.3. The first-order chi connectivity index (χ1) is 32.3. The average molecular weight is 1020 g/mol. The number of rotatable bonds is 12. The van der Waals surface area contributed by atoms with Crippen molar-refractivity contribution in [2.75, 3.05) is 51.6 Å². The zero-order valence-corrected chi connectivity index (χ0v) is 40.9. The van der Waals surface area contributed by atoms with E-state index in [0.29, 0.717) is 57.9 Å². The Labute approximate surface area is 408 Å². The molecule has 6 aromatic rings. The summed E-state index contributed by atoms with van der Waals surface area (Å²) in [5.41, 5.74) is 6.32. The van der Waals surface area contributed by atoms with Crippen molar-refractivity contribution in [3.63, 3.8) is 0 Å². The fraction of sp³-hybridized carbons (Fsp3) is 0.277. The Bertz CT molecular complexity index is 3000. The van der Waals surface area contributed by atoms with Gasteiger partial charge in [-0.25, -0.2) is 31.1 Å². The smallest absolute Gasteiger partial charge is 0.266 e. The van der Waals surface area contributed by atoms with E-state index in [1.165, 1.54) is 73.6 Å². The summed E-state index contributed by atoms with van der Waals surface area (Å²) >= 11 is 14.8. The van der Waals surface area contributed by atoms with Crippen LogP contribution in [0.1, 0.15) is 35.1 Å². The molecule has 67 heavy (non-hydrogen) atoms. The lowest BCUT2D eigenvalue weighted by molar-refractivity contribution is -0.122. The maximum Gasteiger partial charge on any atom is 0.266 e. The van der Waals surface area contributed by atoms with Gasteiger partial charge in [-0.3, -0.25) is 24.1 Å². The van der Waals surface area contributed by atoms with Gasteiger partial charge in [0.05, 0.1) is 28.4 Å². The standard InChI is InChI=1S/C25H25ClN4O3S2.C22H21ClN4O3S2/c1-2-12-30(25-27-11-15-34-25)35(32,33)22-7-5-21(6-8-22)29-14-10-23(24(29)31)28-13-9-18-3-4-20(26)16-19(18)17-28;23-17-2-1-15-7-10-26(14-16(15)13-17)20-8-11-27(21(20)28)18-3-5-19(6-4-18)32(29,30)25-22-24-9-12-31-22/h2-8,11,15-16,23H,1,9-10,12-14,17H2;1-6,9,12-13,20H,7-8,10-11,14H2,(H,24,25)/t23-;20-/m00/s1. The Morgan fingerprint density at radius 3 is 1.66 bits per heavy atom. The molecule has 4 aromatic carbocycles. The van der Waals surface area contributed by atoms with Crippen LogP contribution in [0, 0.1) is 0 Å². The summed E-state index contributed by atoms with van der Waals surface area (Å²) in [7, 11) is -7.53. The lowest BCUT2D eigenvalue weighted by Crippen LogP contribution is -2.44. The molecule has 14 nitrogen and oxygen atoms in total. The number of aromatic nitrogens is 2. The molecule has 4 aliphatic rings. The molecule has 1 N–H and O–H groups in total. The first kappa shape index (κ1) is 46.9. The van der Waals surface area contributed by atoms with Crippen LogP contribution >= 0.6 is 45.9 Å². The molecule has 4 aliphatic heterocycles. The number of fused-ring (bicyclic) bond motifs is 2. The summed E-state index contributed by atoms with van der Waals surface area (Å²) in [4.78, 5) is 42.8. The lowest BCUT2D eigenvalue weighted by atomic mass is 9.98. The normalized spacial score (nSPS) is 18.8. The van der Waals surface area contributed by atoms with Crippen molar-refractivity contribution < 1.29 is 26.4 Å². The molecule has 2 amide bonds. The highest BCUT2D eigenvalue weighted by Crippen LogP contribution is 2.33. The van der Waals surface area contributed by atoms with E-state index in [-0.39, 0.29) is 40.2 Å². The van der Waals surface area contributed by atoms with E-state index in [2.05, 4.69) is 43.2 Å². The molecule has 10 rings (SSSR count). The number of hydrogen-bond acceptors (Lipinski definition) is 12. The van der Waals surface area contributed by atoms with E-state index < -0.39 is 20.0 Å². The summed E-state index contributed by atoms with van der Waals surface area (Å²) in [5.74, 6) is 0.0918. The van der Waals surface area contributed by atoms with Crippen LogP contribution in [-0.2, 0) is 55.6 Å². The summed E-state index contributed by atoms with van der Waals surface area (Å²) in [6.45, 7) is 8.05. The number of thiazole rings is 2. The Balaban J connectivity index is 0.000000169. The number of carbonyl (C=O) groups is 2. The van der Waals surface area contributed by atoms with Crippen LogP contribution in [0.15, 0.2) is 131 Å². The maximum absolute atomic E-state index is 13.3. The highest BCUT2D eigenvalue weighted by Gasteiger charge is 2.39. The molecule has 0 bridgehead atoms.